The maximum absolute atomic E-state index is 10.1. The molecule has 6 heteroatoms. The lowest BCUT2D eigenvalue weighted by molar-refractivity contribution is -0.0188. The van der Waals surface area contributed by atoms with E-state index in [0.29, 0.717) is 18.9 Å². The molecular weight excluding hydrogens is 260 g/mol. The Labute approximate surface area is 116 Å². The SMILES string of the molecule is CC1(O)CCCN(Cc2nc(N)c3ccsc3n2)C1. The molecule has 3 rings (SSSR count). The van der Waals surface area contributed by atoms with Gasteiger partial charge in [-0.1, -0.05) is 0 Å². The van der Waals surface area contributed by atoms with Crippen LogP contribution < -0.4 is 5.73 Å². The molecule has 1 saturated heterocycles. The predicted octanol–water partition coefficient (Wildman–Crippen LogP) is 1.62. The number of likely N-dealkylation sites (tertiary alicyclic amines) is 1. The van der Waals surface area contributed by atoms with Gasteiger partial charge in [0, 0.05) is 6.54 Å². The number of piperidine rings is 1. The maximum Gasteiger partial charge on any atom is 0.146 e. The zero-order valence-electron chi connectivity index (χ0n) is 11.0. The van der Waals surface area contributed by atoms with Crippen LogP contribution >= 0.6 is 11.3 Å². The summed E-state index contributed by atoms with van der Waals surface area (Å²) in [4.78, 5) is 12.0. The van der Waals surface area contributed by atoms with Gasteiger partial charge in [-0.05, 0) is 37.8 Å². The van der Waals surface area contributed by atoms with E-state index in [-0.39, 0.29) is 0 Å². The summed E-state index contributed by atoms with van der Waals surface area (Å²) in [5, 5.41) is 13.0. The van der Waals surface area contributed by atoms with E-state index in [1.165, 1.54) is 0 Å². The summed E-state index contributed by atoms with van der Waals surface area (Å²) in [6.45, 7) is 4.17. The van der Waals surface area contributed by atoms with Crippen molar-refractivity contribution in [1.29, 1.82) is 0 Å². The molecule has 1 aliphatic heterocycles. The minimum atomic E-state index is -0.600. The van der Waals surface area contributed by atoms with Crippen molar-refractivity contribution in [1.82, 2.24) is 14.9 Å². The molecule has 1 unspecified atom stereocenters. The lowest BCUT2D eigenvalue weighted by Gasteiger charge is -2.36. The summed E-state index contributed by atoms with van der Waals surface area (Å²) in [6, 6.07) is 1.95. The van der Waals surface area contributed by atoms with Crippen molar-refractivity contribution in [2.45, 2.75) is 31.9 Å². The molecular formula is C13H18N4OS. The number of aromatic nitrogens is 2. The maximum atomic E-state index is 10.1. The second-order valence-electron chi connectivity index (χ2n) is 5.48. The number of thiophene rings is 1. The van der Waals surface area contributed by atoms with Gasteiger partial charge in [-0.2, -0.15) is 0 Å². The van der Waals surface area contributed by atoms with Crippen LogP contribution in [-0.2, 0) is 6.54 Å². The minimum Gasteiger partial charge on any atom is -0.389 e. The van der Waals surface area contributed by atoms with E-state index in [4.69, 9.17) is 5.73 Å². The fraction of sp³-hybridized carbons (Fsp3) is 0.538. The monoisotopic (exact) mass is 278 g/mol. The molecule has 0 aliphatic carbocycles. The van der Waals surface area contributed by atoms with E-state index in [1.54, 1.807) is 11.3 Å². The van der Waals surface area contributed by atoms with Gasteiger partial charge in [-0.3, -0.25) is 4.90 Å². The smallest absolute Gasteiger partial charge is 0.146 e. The van der Waals surface area contributed by atoms with E-state index in [0.717, 1.165) is 35.4 Å². The van der Waals surface area contributed by atoms with Gasteiger partial charge in [0.05, 0.1) is 17.5 Å². The highest BCUT2D eigenvalue weighted by atomic mass is 32.1. The van der Waals surface area contributed by atoms with Crippen LogP contribution in [0.1, 0.15) is 25.6 Å². The number of hydrogen-bond acceptors (Lipinski definition) is 6. The van der Waals surface area contributed by atoms with Gasteiger partial charge in [0.25, 0.3) is 0 Å². The lowest BCUT2D eigenvalue weighted by atomic mass is 9.95. The van der Waals surface area contributed by atoms with Crippen molar-refractivity contribution in [3.05, 3.63) is 17.3 Å². The summed E-state index contributed by atoms with van der Waals surface area (Å²) in [6.07, 6.45) is 1.86. The van der Waals surface area contributed by atoms with Crippen molar-refractivity contribution in [3.63, 3.8) is 0 Å². The molecule has 0 aromatic carbocycles. The number of aliphatic hydroxyl groups is 1. The molecule has 102 valence electrons. The summed E-state index contributed by atoms with van der Waals surface area (Å²) >= 11 is 1.58. The quantitative estimate of drug-likeness (QED) is 0.873. The molecule has 3 N–H and O–H groups in total. The first-order valence-corrected chi connectivity index (χ1v) is 7.36. The fourth-order valence-electron chi connectivity index (χ4n) is 2.65. The summed E-state index contributed by atoms with van der Waals surface area (Å²) in [5.41, 5.74) is 5.35. The Kier molecular flexibility index (Phi) is 3.16. The zero-order chi connectivity index (χ0) is 13.5. The third-order valence-electron chi connectivity index (χ3n) is 3.52. The van der Waals surface area contributed by atoms with Gasteiger partial charge >= 0.3 is 0 Å². The molecule has 19 heavy (non-hydrogen) atoms. The number of β-amino-alcohol motifs (C(OH)–C–C–N with tert-alkyl or cyclic N) is 1. The molecule has 0 amide bonds. The summed E-state index contributed by atoms with van der Waals surface area (Å²) in [7, 11) is 0. The highest BCUT2D eigenvalue weighted by Gasteiger charge is 2.28. The number of anilines is 1. The second-order valence-corrected chi connectivity index (χ2v) is 6.37. The number of nitrogens with two attached hydrogens (primary N) is 1. The molecule has 1 atom stereocenters. The highest BCUT2D eigenvalue weighted by Crippen LogP contribution is 2.25. The van der Waals surface area contributed by atoms with Gasteiger partial charge in [-0.25, -0.2) is 9.97 Å². The molecule has 1 aliphatic rings. The topological polar surface area (TPSA) is 75.3 Å². The van der Waals surface area contributed by atoms with Gasteiger partial charge in [0.2, 0.25) is 0 Å². The van der Waals surface area contributed by atoms with Crippen LogP contribution in [0.2, 0.25) is 0 Å². The van der Waals surface area contributed by atoms with Gasteiger partial charge < -0.3 is 10.8 Å². The van der Waals surface area contributed by atoms with Gasteiger partial charge in [0.1, 0.15) is 16.5 Å². The number of rotatable bonds is 2. The highest BCUT2D eigenvalue weighted by molar-refractivity contribution is 7.16. The fourth-order valence-corrected chi connectivity index (χ4v) is 3.44. The predicted molar refractivity (Wildman–Crippen MR) is 77.0 cm³/mol. The van der Waals surface area contributed by atoms with Crippen molar-refractivity contribution in [2.24, 2.45) is 0 Å². The van der Waals surface area contributed by atoms with Crippen LogP contribution in [0.5, 0.6) is 0 Å². The molecule has 1 fully saturated rings. The van der Waals surface area contributed by atoms with E-state index in [1.807, 2.05) is 18.4 Å². The van der Waals surface area contributed by atoms with E-state index in [2.05, 4.69) is 14.9 Å². The molecule has 5 nitrogen and oxygen atoms in total. The minimum absolute atomic E-state index is 0.546. The normalized spacial score (nSPS) is 24.9. The Hall–Kier alpha value is -1.24. The molecule has 2 aromatic rings. The Morgan fingerprint density at radius 1 is 1.53 bits per heavy atom. The Balaban J connectivity index is 1.81. The number of fused-ring (bicyclic) bond motifs is 1. The summed E-state index contributed by atoms with van der Waals surface area (Å²) in [5.74, 6) is 1.29. The number of nitrogens with zero attached hydrogens (tertiary/aromatic N) is 3. The van der Waals surface area contributed by atoms with Crippen molar-refractivity contribution < 1.29 is 5.11 Å². The van der Waals surface area contributed by atoms with Crippen LogP contribution in [0.15, 0.2) is 11.4 Å². The molecule has 0 spiro atoms. The average molecular weight is 278 g/mol. The number of hydrogen-bond donors (Lipinski definition) is 2. The van der Waals surface area contributed by atoms with Crippen LogP contribution in [0.3, 0.4) is 0 Å². The van der Waals surface area contributed by atoms with Crippen molar-refractivity contribution in [3.8, 4) is 0 Å². The lowest BCUT2D eigenvalue weighted by Crippen LogP contribution is -2.45. The Bertz CT molecular complexity index is 595. The van der Waals surface area contributed by atoms with Crippen molar-refractivity contribution in [2.75, 3.05) is 18.8 Å². The Morgan fingerprint density at radius 3 is 3.16 bits per heavy atom. The van der Waals surface area contributed by atoms with E-state index < -0.39 is 5.60 Å². The Morgan fingerprint density at radius 2 is 2.37 bits per heavy atom. The van der Waals surface area contributed by atoms with E-state index >= 15 is 0 Å². The molecule has 0 radical (unpaired) electrons. The molecule has 2 aromatic heterocycles. The first kappa shape index (κ1) is 12.8. The van der Waals surface area contributed by atoms with E-state index in [9.17, 15) is 5.11 Å². The first-order valence-electron chi connectivity index (χ1n) is 6.48. The van der Waals surface area contributed by atoms with Crippen LogP contribution in [-0.4, -0.2) is 38.7 Å². The average Bonchev–Trinajstić information content (AvgIpc) is 2.76. The van der Waals surface area contributed by atoms with Crippen LogP contribution in [0.4, 0.5) is 5.82 Å². The largest absolute Gasteiger partial charge is 0.389 e. The number of nitrogen functional groups attached to an aromatic ring is 1. The standard InChI is InChI=1S/C13H18N4OS/c1-13(18)4-2-5-17(8-13)7-10-15-11(14)9-3-6-19-12(9)16-10/h3,6,18H,2,4-5,7-8H2,1H3,(H2,14,15,16). The third kappa shape index (κ3) is 2.70. The molecule has 0 saturated carbocycles. The molecule has 0 bridgehead atoms. The van der Waals surface area contributed by atoms with Gasteiger partial charge in [-0.15, -0.1) is 11.3 Å². The first-order chi connectivity index (χ1) is 9.03. The van der Waals surface area contributed by atoms with Crippen LogP contribution in [0, 0.1) is 0 Å². The van der Waals surface area contributed by atoms with Crippen LogP contribution in [0.25, 0.3) is 10.2 Å². The summed E-state index contributed by atoms with van der Waals surface area (Å²) < 4.78 is 0. The second kappa shape index (κ2) is 4.70. The molecule has 3 heterocycles. The van der Waals surface area contributed by atoms with Gasteiger partial charge in [0.15, 0.2) is 0 Å². The van der Waals surface area contributed by atoms with Crippen molar-refractivity contribution >= 4 is 27.4 Å². The zero-order valence-corrected chi connectivity index (χ0v) is 11.8. The third-order valence-corrected chi connectivity index (χ3v) is 4.33.